The number of esters is 1. The van der Waals surface area contributed by atoms with E-state index in [4.69, 9.17) is 4.74 Å². The third kappa shape index (κ3) is 2.62. The molecule has 0 aliphatic carbocycles. The maximum Gasteiger partial charge on any atom is 0.355 e. The highest BCUT2D eigenvalue weighted by Gasteiger charge is 2.15. The molecule has 6 heteroatoms. The minimum atomic E-state index is -0.465. The van der Waals surface area contributed by atoms with Crippen molar-refractivity contribution in [1.29, 1.82) is 0 Å². The van der Waals surface area contributed by atoms with Crippen LogP contribution in [0, 0.1) is 10.1 Å². The Morgan fingerprint density at radius 2 is 2.00 bits per heavy atom. The SMILES string of the molecule is CCOC(=O)c1[nH]ccc1-c1ccc([N+](=O)[O-])cc1. The van der Waals surface area contributed by atoms with Gasteiger partial charge in [-0.3, -0.25) is 10.1 Å². The highest BCUT2D eigenvalue weighted by atomic mass is 16.6. The lowest BCUT2D eigenvalue weighted by Crippen LogP contribution is -2.06. The Morgan fingerprint density at radius 3 is 2.58 bits per heavy atom. The summed E-state index contributed by atoms with van der Waals surface area (Å²) in [7, 11) is 0. The van der Waals surface area contributed by atoms with E-state index in [1.54, 1.807) is 31.3 Å². The highest BCUT2D eigenvalue weighted by Crippen LogP contribution is 2.25. The first-order valence-electron chi connectivity index (χ1n) is 5.72. The van der Waals surface area contributed by atoms with Crippen molar-refractivity contribution in [2.75, 3.05) is 6.61 Å². The van der Waals surface area contributed by atoms with Gasteiger partial charge in [0, 0.05) is 23.9 Å². The van der Waals surface area contributed by atoms with Gasteiger partial charge in [0.15, 0.2) is 0 Å². The van der Waals surface area contributed by atoms with Crippen LogP contribution in [0.1, 0.15) is 17.4 Å². The predicted molar refractivity (Wildman–Crippen MR) is 68.8 cm³/mol. The van der Waals surface area contributed by atoms with Gasteiger partial charge >= 0.3 is 5.97 Å². The first-order chi connectivity index (χ1) is 9.13. The van der Waals surface area contributed by atoms with Gasteiger partial charge in [0.1, 0.15) is 5.69 Å². The lowest BCUT2D eigenvalue weighted by molar-refractivity contribution is -0.384. The van der Waals surface area contributed by atoms with E-state index < -0.39 is 10.9 Å². The number of non-ortho nitro benzene ring substituents is 1. The van der Waals surface area contributed by atoms with Crippen molar-refractivity contribution in [3.63, 3.8) is 0 Å². The Hall–Kier alpha value is -2.63. The van der Waals surface area contributed by atoms with Crippen molar-refractivity contribution in [2.24, 2.45) is 0 Å². The van der Waals surface area contributed by atoms with E-state index in [0.29, 0.717) is 11.3 Å². The monoisotopic (exact) mass is 260 g/mol. The van der Waals surface area contributed by atoms with Crippen molar-refractivity contribution in [3.8, 4) is 11.1 Å². The molecule has 0 saturated heterocycles. The number of carbonyl (C=O) groups excluding carboxylic acids is 1. The Kier molecular flexibility index (Phi) is 3.61. The van der Waals surface area contributed by atoms with Crippen LogP contribution in [0.5, 0.6) is 0 Å². The summed E-state index contributed by atoms with van der Waals surface area (Å²) in [5, 5.41) is 10.6. The van der Waals surface area contributed by atoms with Crippen LogP contribution in [0.4, 0.5) is 5.69 Å². The topological polar surface area (TPSA) is 85.2 Å². The Morgan fingerprint density at radius 1 is 1.32 bits per heavy atom. The van der Waals surface area contributed by atoms with Crippen molar-refractivity contribution in [2.45, 2.75) is 6.92 Å². The van der Waals surface area contributed by atoms with Gasteiger partial charge in [-0.15, -0.1) is 0 Å². The number of hydrogen-bond donors (Lipinski definition) is 1. The second-order valence-electron chi connectivity index (χ2n) is 3.79. The molecule has 0 aliphatic heterocycles. The second-order valence-corrected chi connectivity index (χ2v) is 3.79. The summed E-state index contributed by atoms with van der Waals surface area (Å²) in [6.45, 7) is 2.02. The zero-order chi connectivity index (χ0) is 13.8. The number of nitro benzene ring substituents is 1. The second kappa shape index (κ2) is 5.34. The minimum absolute atomic E-state index is 0.0111. The number of aromatic amines is 1. The number of nitrogens with one attached hydrogen (secondary N) is 1. The van der Waals surface area contributed by atoms with E-state index in [2.05, 4.69) is 4.98 Å². The average Bonchev–Trinajstić information content (AvgIpc) is 2.88. The number of ether oxygens (including phenoxy) is 1. The fourth-order valence-corrected chi connectivity index (χ4v) is 1.74. The summed E-state index contributed by atoms with van der Waals surface area (Å²) < 4.78 is 4.93. The molecule has 0 unspecified atom stereocenters. The van der Waals surface area contributed by atoms with Crippen molar-refractivity contribution >= 4 is 11.7 Å². The van der Waals surface area contributed by atoms with Gasteiger partial charge in [0.25, 0.3) is 5.69 Å². The number of nitro groups is 1. The van der Waals surface area contributed by atoms with Crippen molar-refractivity contribution in [1.82, 2.24) is 4.98 Å². The third-order valence-corrected chi connectivity index (χ3v) is 2.62. The van der Waals surface area contributed by atoms with Gasteiger partial charge in [-0.2, -0.15) is 0 Å². The van der Waals surface area contributed by atoms with Gasteiger partial charge < -0.3 is 9.72 Å². The molecule has 19 heavy (non-hydrogen) atoms. The quantitative estimate of drug-likeness (QED) is 0.520. The molecule has 2 rings (SSSR count). The molecule has 0 radical (unpaired) electrons. The summed E-state index contributed by atoms with van der Waals surface area (Å²) in [6, 6.07) is 7.73. The van der Waals surface area contributed by atoms with E-state index in [9.17, 15) is 14.9 Å². The Labute approximate surface area is 109 Å². The summed E-state index contributed by atoms with van der Waals surface area (Å²) in [5.41, 5.74) is 1.73. The molecule has 1 N–H and O–H groups in total. The average molecular weight is 260 g/mol. The van der Waals surface area contributed by atoms with Gasteiger partial charge in [-0.05, 0) is 30.7 Å². The van der Waals surface area contributed by atoms with Crippen LogP contribution >= 0.6 is 0 Å². The van der Waals surface area contributed by atoms with Gasteiger partial charge in [-0.25, -0.2) is 4.79 Å². The number of H-pyrrole nitrogens is 1. The molecular formula is C13H12N2O4. The smallest absolute Gasteiger partial charge is 0.355 e. The molecule has 2 aromatic rings. The van der Waals surface area contributed by atoms with Crippen molar-refractivity contribution < 1.29 is 14.5 Å². The molecule has 0 atom stereocenters. The van der Waals surface area contributed by atoms with Gasteiger partial charge in [0.2, 0.25) is 0 Å². The largest absolute Gasteiger partial charge is 0.461 e. The first kappa shape index (κ1) is 12.8. The van der Waals surface area contributed by atoms with E-state index in [0.717, 1.165) is 5.56 Å². The maximum atomic E-state index is 11.7. The van der Waals surface area contributed by atoms with Crippen LogP contribution in [0.25, 0.3) is 11.1 Å². The number of aromatic nitrogens is 1. The molecule has 1 aromatic heterocycles. The molecule has 1 aromatic carbocycles. The normalized spacial score (nSPS) is 10.2. The van der Waals surface area contributed by atoms with E-state index in [1.807, 2.05) is 0 Å². The van der Waals surface area contributed by atoms with Crippen LogP contribution in [-0.2, 0) is 4.74 Å². The van der Waals surface area contributed by atoms with E-state index >= 15 is 0 Å². The fraction of sp³-hybridized carbons (Fsp3) is 0.154. The summed E-state index contributed by atoms with van der Waals surface area (Å²) in [4.78, 5) is 24.7. The third-order valence-electron chi connectivity index (χ3n) is 2.62. The van der Waals surface area contributed by atoms with Crippen LogP contribution in [0.3, 0.4) is 0 Å². The van der Waals surface area contributed by atoms with Crippen LogP contribution < -0.4 is 0 Å². The molecule has 0 spiro atoms. The number of hydrogen-bond acceptors (Lipinski definition) is 4. The zero-order valence-electron chi connectivity index (χ0n) is 10.3. The predicted octanol–water partition coefficient (Wildman–Crippen LogP) is 2.77. The number of nitrogens with zero attached hydrogens (tertiary/aromatic N) is 1. The van der Waals surface area contributed by atoms with Crippen LogP contribution in [0.15, 0.2) is 36.5 Å². The van der Waals surface area contributed by atoms with Crippen LogP contribution in [-0.4, -0.2) is 22.5 Å². The standard InChI is InChI=1S/C13H12N2O4/c1-2-19-13(16)12-11(7-8-14-12)9-3-5-10(6-4-9)15(17)18/h3-8,14H,2H2,1H3. The molecule has 98 valence electrons. The van der Waals surface area contributed by atoms with Gasteiger partial charge in [0.05, 0.1) is 11.5 Å². The van der Waals surface area contributed by atoms with Crippen molar-refractivity contribution in [3.05, 3.63) is 52.3 Å². The summed E-state index contributed by atoms with van der Waals surface area (Å²) >= 11 is 0. The number of rotatable bonds is 4. The summed E-state index contributed by atoms with van der Waals surface area (Å²) in [5.74, 6) is -0.444. The lowest BCUT2D eigenvalue weighted by Gasteiger charge is -2.04. The maximum absolute atomic E-state index is 11.7. The lowest BCUT2D eigenvalue weighted by atomic mass is 10.1. The molecule has 1 heterocycles. The van der Waals surface area contributed by atoms with E-state index in [-0.39, 0.29) is 12.3 Å². The minimum Gasteiger partial charge on any atom is -0.461 e. The summed E-state index contributed by atoms with van der Waals surface area (Å²) in [6.07, 6.45) is 1.63. The molecule has 0 saturated carbocycles. The molecule has 0 aliphatic rings. The fourth-order valence-electron chi connectivity index (χ4n) is 1.74. The number of benzene rings is 1. The molecule has 0 bridgehead atoms. The van der Waals surface area contributed by atoms with Crippen LogP contribution in [0.2, 0.25) is 0 Å². The molecular weight excluding hydrogens is 248 g/mol. The molecule has 0 fully saturated rings. The molecule has 6 nitrogen and oxygen atoms in total. The molecule has 0 amide bonds. The highest BCUT2D eigenvalue weighted by molar-refractivity contribution is 5.95. The zero-order valence-corrected chi connectivity index (χ0v) is 10.3. The van der Waals surface area contributed by atoms with E-state index in [1.165, 1.54) is 12.1 Å². The van der Waals surface area contributed by atoms with Gasteiger partial charge in [-0.1, -0.05) is 0 Å². The Balaban J connectivity index is 2.34. The number of carbonyl (C=O) groups is 1. The Bertz CT molecular complexity index is 601. The first-order valence-corrected chi connectivity index (χ1v) is 5.72.